The molecule has 0 amide bonds. The van der Waals surface area contributed by atoms with Crippen molar-refractivity contribution in [2.45, 2.75) is 155 Å². The van der Waals surface area contributed by atoms with Gasteiger partial charge in [-0.15, -0.1) is 0 Å². The molecule has 12 aromatic rings. The lowest BCUT2D eigenvalue weighted by Crippen LogP contribution is -2.40. The molecule has 598 valence electrons. The van der Waals surface area contributed by atoms with E-state index >= 15 is 0 Å². The molecule has 4 fully saturated rings. The van der Waals surface area contributed by atoms with Crippen LogP contribution in [0.4, 0.5) is 22.0 Å². The predicted molar refractivity (Wildman–Crippen MR) is 444 cm³/mol. The Hall–Kier alpha value is -11.1. The molecule has 8 aliphatic carbocycles. The lowest BCUT2D eigenvalue weighted by molar-refractivity contribution is 0.0189. The summed E-state index contributed by atoms with van der Waals surface area (Å²) in [6.07, 6.45) is 34.7. The summed E-state index contributed by atoms with van der Waals surface area (Å²) in [6, 6.07) is 51.7. The van der Waals surface area contributed by atoms with Crippen molar-refractivity contribution in [2.24, 2.45) is 45.3 Å². The Bertz CT molecular complexity index is 5270. The third kappa shape index (κ3) is 15.0. The number of aromatic nitrogens is 10. The number of benzene rings is 6. The number of fused-ring (bicyclic) bond motifs is 8. The van der Waals surface area contributed by atoms with E-state index in [1.807, 2.05) is 104 Å². The van der Waals surface area contributed by atoms with Gasteiger partial charge in [-0.1, -0.05) is 111 Å². The van der Waals surface area contributed by atoms with Crippen molar-refractivity contribution in [1.82, 2.24) is 49.1 Å². The third-order valence-corrected chi connectivity index (χ3v) is 27.3. The number of hydrogen-bond acceptors (Lipinski definition) is 10. The second-order valence-electron chi connectivity index (χ2n) is 34.1. The fourth-order valence-corrected chi connectivity index (χ4v) is 20.8. The number of allylic oxidation sites excluding steroid dienone is 4. The number of aliphatic hydroxyl groups excluding tert-OH is 4. The van der Waals surface area contributed by atoms with E-state index in [1.54, 1.807) is 85.3 Å². The summed E-state index contributed by atoms with van der Waals surface area (Å²) < 4.78 is 75.2. The topological polar surface area (TPSA) is 178 Å². The highest BCUT2D eigenvalue weighted by Gasteiger charge is 2.51. The van der Waals surface area contributed by atoms with E-state index in [9.17, 15) is 42.4 Å². The number of aliphatic hydroxyl groups is 4. The van der Waals surface area contributed by atoms with Gasteiger partial charge in [0.15, 0.2) is 0 Å². The van der Waals surface area contributed by atoms with Crippen LogP contribution in [0.25, 0.3) is 47.1 Å². The van der Waals surface area contributed by atoms with Gasteiger partial charge in [-0.05, 0) is 327 Å². The number of nitrogens with zero attached hydrogens (tertiary/aromatic N) is 10. The van der Waals surface area contributed by atoms with Crippen molar-refractivity contribution in [3.05, 3.63) is 344 Å². The van der Waals surface area contributed by atoms with Crippen LogP contribution in [0.15, 0.2) is 248 Å². The van der Waals surface area contributed by atoms with Gasteiger partial charge in [0.25, 0.3) is 0 Å². The molecule has 0 bridgehead atoms. The standard InChI is InChI=1S/C25H24F2N2O.C25H25FN2O.2C24H24FN3O/c1-25-14-16-15-28-29(19-11-9-18(26)10-12-19)23(16)13-17(25)5-4-7-21(25)24(30)20-6-2-3-8-22(20)27;1-25-15-18-16-27-28(21-12-10-20(26)11-13-21)23(18)14-19(25)8-5-9-22(25)24(29)17-6-3-2-4-7-17;1-24-13-17-15-27-28(20-9-7-19(25)8-10-20)22(17)12-18(24)5-2-6-21(24)23(29)16-4-3-11-26-14-16;1-24-14-16-15-27-28(19-10-8-18(25)9-11-19)22(16)13-17(24)5-4-6-20(24)23(29)21-7-2-3-12-26-21/h2-3,6,8-13,15,21,24,30H,4-5,7,14H2,1H3;2-4,6-7,10-14,16,22,24,29H,5,8-9,15H2,1H3;3-4,7-12,14-15,21,23,29H,2,5-6,13H2,1H3;2-3,7-13,15,20,23,29H,4-6,14H2,1H3/t21-,24+,25+;22-,24+,25+;21-,23+,24+;20-,23-,24+/m1111/s1. The van der Waals surface area contributed by atoms with Crippen LogP contribution in [-0.2, 0) is 25.7 Å². The first-order valence-electron chi connectivity index (χ1n) is 41.1. The van der Waals surface area contributed by atoms with Crippen LogP contribution < -0.4 is 0 Å². The monoisotopic (exact) mass is 1570 g/mol. The first kappa shape index (κ1) is 78.4. The van der Waals surface area contributed by atoms with E-state index < -0.39 is 24.4 Å². The van der Waals surface area contributed by atoms with Crippen molar-refractivity contribution in [3.63, 3.8) is 0 Å². The van der Waals surface area contributed by atoms with Crippen LogP contribution in [0.5, 0.6) is 0 Å². The number of hydrogen-bond donors (Lipinski definition) is 4. The van der Waals surface area contributed by atoms with Gasteiger partial charge < -0.3 is 20.4 Å². The maximum absolute atomic E-state index is 14.4. The SMILES string of the molecule is C[C@]12Cc3cnn(-c4ccc(F)cc4)c3C=C1CCC[C@@H]2[C@@H](O)c1ccccc1.C[C@]12Cc3cnn(-c4ccc(F)cc4)c3C=C1CCC[C@@H]2[C@@H](O)c1ccccc1F.C[C@]12Cc3cnn(-c4ccc(F)cc4)c3C=C1CCC[C@@H]2[C@@H](O)c1ccccn1.C[C@]12Cc3cnn(-c4ccc(F)cc4)c3C=C1CCC[C@@H]2[C@@H](O)c1cccnc1. The molecule has 8 aliphatic rings. The highest BCUT2D eigenvalue weighted by Crippen LogP contribution is 2.59. The second kappa shape index (κ2) is 32.4. The maximum Gasteiger partial charge on any atom is 0.129 e. The fraction of sp³-hybridized carbons (Fsp3) is 0.327. The van der Waals surface area contributed by atoms with Gasteiger partial charge in [-0.25, -0.2) is 40.7 Å². The molecule has 0 radical (unpaired) electrons. The smallest absolute Gasteiger partial charge is 0.129 e. The summed E-state index contributed by atoms with van der Waals surface area (Å²) in [5.41, 5.74) is 20.0. The van der Waals surface area contributed by atoms with Crippen molar-refractivity contribution < 1.29 is 42.4 Å². The van der Waals surface area contributed by atoms with Gasteiger partial charge in [0, 0.05) is 24.2 Å². The van der Waals surface area contributed by atoms with Gasteiger partial charge in [-0.3, -0.25) is 9.97 Å². The van der Waals surface area contributed by atoms with E-state index in [0.29, 0.717) is 5.56 Å². The average molecular weight is 1570 g/mol. The minimum Gasteiger partial charge on any atom is -0.388 e. The Morgan fingerprint density at radius 3 is 1.00 bits per heavy atom. The zero-order valence-electron chi connectivity index (χ0n) is 66.3. The Kier molecular flexibility index (Phi) is 21.7. The van der Waals surface area contributed by atoms with Crippen molar-refractivity contribution in [1.29, 1.82) is 0 Å². The van der Waals surface area contributed by atoms with E-state index in [2.05, 4.69) is 82.4 Å². The van der Waals surface area contributed by atoms with Gasteiger partial charge in [0.2, 0.25) is 0 Å². The molecular formula is C98H97F5N10O4. The fourth-order valence-electron chi connectivity index (χ4n) is 20.8. The van der Waals surface area contributed by atoms with Gasteiger partial charge in [0.05, 0.1) is 100 Å². The summed E-state index contributed by atoms with van der Waals surface area (Å²) in [4.78, 5) is 8.59. The van der Waals surface area contributed by atoms with E-state index in [-0.39, 0.29) is 74.4 Å². The highest BCUT2D eigenvalue weighted by molar-refractivity contribution is 5.65. The molecule has 6 heterocycles. The largest absolute Gasteiger partial charge is 0.388 e. The first-order valence-corrected chi connectivity index (χ1v) is 41.1. The minimum absolute atomic E-state index is 0.0725. The maximum atomic E-state index is 14.4. The molecular weight excluding hydrogens is 1480 g/mol. The van der Waals surface area contributed by atoms with Crippen molar-refractivity contribution in [3.8, 4) is 22.7 Å². The molecule has 6 aromatic heterocycles. The molecule has 20 rings (SSSR count). The normalized spacial score (nSPS) is 24.3. The molecule has 19 heteroatoms. The molecule has 0 saturated heterocycles. The van der Waals surface area contributed by atoms with Crippen LogP contribution >= 0.6 is 0 Å². The van der Waals surface area contributed by atoms with Crippen LogP contribution in [0.2, 0.25) is 0 Å². The Balaban J connectivity index is 0.000000112. The summed E-state index contributed by atoms with van der Waals surface area (Å²) in [5.74, 6) is -1.03. The van der Waals surface area contributed by atoms with Gasteiger partial charge in [0.1, 0.15) is 29.1 Å². The Morgan fingerprint density at radius 2 is 0.658 bits per heavy atom. The molecule has 0 spiro atoms. The van der Waals surface area contributed by atoms with Crippen LogP contribution in [0.1, 0.15) is 197 Å². The molecule has 0 unspecified atom stereocenters. The Morgan fingerprint density at radius 1 is 0.333 bits per heavy atom. The van der Waals surface area contributed by atoms with Crippen LogP contribution in [0, 0.1) is 74.4 Å². The zero-order valence-corrected chi connectivity index (χ0v) is 66.3. The van der Waals surface area contributed by atoms with Crippen molar-refractivity contribution in [2.75, 3.05) is 0 Å². The molecule has 4 N–H and O–H groups in total. The number of halogens is 5. The lowest BCUT2D eigenvalue weighted by atomic mass is 9.57. The quantitative estimate of drug-likeness (QED) is 0.0861. The van der Waals surface area contributed by atoms with Gasteiger partial charge >= 0.3 is 0 Å². The average Bonchev–Trinajstić information content (AvgIpc) is 1.74. The minimum atomic E-state index is -0.853. The van der Waals surface area contributed by atoms with Crippen molar-refractivity contribution >= 4 is 24.3 Å². The van der Waals surface area contributed by atoms with E-state index in [0.717, 1.165) is 171 Å². The Labute approximate surface area is 679 Å². The summed E-state index contributed by atoms with van der Waals surface area (Å²) >= 11 is 0. The summed E-state index contributed by atoms with van der Waals surface area (Å²) in [5, 5.41) is 63.1. The third-order valence-electron chi connectivity index (χ3n) is 27.3. The van der Waals surface area contributed by atoms with E-state index in [1.165, 1.54) is 93.6 Å². The number of pyridine rings is 2. The highest BCUT2D eigenvalue weighted by atomic mass is 19.1. The van der Waals surface area contributed by atoms with Crippen LogP contribution in [0.3, 0.4) is 0 Å². The zero-order chi connectivity index (χ0) is 80.9. The van der Waals surface area contributed by atoms with Crippen LogP contribution in [-0.4, -0.2) is 69.5 Å². The summed E-state index contributed by atoms with van der Waals surface area (Å²) in [6.45, 7) is 9.03. The molecule has 117 heavy (non-hydrogen) atoms. The molecule has 12 atom stereocenters. The predicted octanol–water partition coefficient (Wildman–Crippen LogP) is 20.9. The summed E-state index contributed by atoms with van der Waals surface area (Å²) in [7, 11) is 0. The first-order chi connectivity index (χ1) is 56.6. The molecule has 6 aromatic carbocycles. The molecule has 0 aliphatic heterocycles. The van der Waals surface area contributed by atoms with Gasteiger partial charge in [-0.2, -0.15) is 20.4 Å². The molecule has 4 saturated carbocycles. The lowest BCUT2D eigenvalue weighted by Gasteiger charge is -2.47. The molecule has 14 nitrogen and oxygen atoms in total. The van der Waals surface area contributed by atoms with E-state index in [4.69, 9.17) is 0 Å². The number of rotatable bonds is 12. The second-order valence-corrected chi connectivity index (χ2v) is 34.1.